The zero-order chi connectivity index (χ0) is 13.2. The molecular formula is C13H13NO4. The first-order valence-electron chi connectivity index (χ1n) is 5.44. The van der Waals surface area contributed by atoms with Crippen LogP contribution in [0, 0.1) is 0 Å². The second kappa shape index (κ2) is 4.60. The number of carbonyl (C=O) groups excluding carboxylic acids is 2. The van der Waals surface area contributed by atoms with Crippen LogP contribution >= 0.6 is 0 Å². The lowest BCUT2D eigenvalue weighted by Gasteiger charge is -2.19. The summed E-state index contributed by atoms with van der Waals surface area (Å²) in [6, 6.07) is 7.28. The summed E-state index contributed by atoms with van der Waals surface area (Å²) in [6.45, 7) is 0. The topological polar surface area (TPSA) is 65.0 Å². The van der Waals surface area contributed by atoms with E-state index in [-0.39, 0.29) is 6.42 Å². The van der Waals surface area contributed by atoms with E-state index < -0.39 is 17.5 Å². The third-order valence-corrected chi connectivity index (χ3v) is 2.83. The molecule has 0 spiro atoms. The summed E-state index contributed by atoms with van der Waals surface area (Å²) in [4.78, 5) is 27.6. The fourth-order valence-electron chi connectivity index (χ4n) is 1.95. The smallest absolute Gasteiger partial charge is 0.338 e. The zero-order valence-electron chi connectivity index (χ0n) is 10.2. The Morgan fingerprint density at radius 1 is 1.22 bits per heavy atom. The van der Waals surface area contributed by atoms with Gasteiger partial charge >= 0.3 is 11.9 Å². The van der Waals surface area contributed by atoms with E-state index in [1.54, 1.807) is 12.1 Å². The molecule has 5 heteroatoms. The highest BCUT2D eigenvalue weighted by molar-refractivity contribution is 5.94. The van der Waals surface area contributed by atoms with E-state index in [1.807, 2.05) is 18.2 Å². The Morgan fingerprint density at radius 2 is 1.94 bits per heavy atom. The maximum absolute atomic E-state index is 11.9. The maximum Gasteiger partial charge on any atom is 0.338 e. The minimum atomic E-state index is -1.30. The number of hydrogen-bond donors (Lipinski definition) is 0. The van der Waals surface area contributed by atoms with Gasteiger partial charge in [-0.2, -0.15) is 0 Å². The van der Waals surface area contributed by atoms with Crippen molar-refractivity contribution in [2.24, 2.45) is 4.99 Å². The molecule has 0 saturated heterocycles. The molecule has 1 aromatic carbocycles. The Labute approximate surface area is 104 Å². The number of methoxy groups -OCH3 is 2. The van der Waals surface area contributed by atoms with Gasteiger partial charge in [-0.3, -0.25) is 9.79 Å². The third-order valence-electron chi connectivity index (χ3n) is 2.83. The average Bonchev–Trinajstić information content (AvgIpc) is 2.76. The SMILES string of the molecule is COC(=O)CC1(C(=O)OC)C=c2ccccc2=N1. The second-order valence-corrected chi connectivity index (χ2v) is 3.98. The molecule has 0 N–H and O–H groups in total. The van der Waals surface area contributed by atoms with Crippen LogP contribution in [0.3, 0.4) is 0 Å². The quantitative estimate of drug-likeness (QED) is 0.680. The number of fused-ring (bicyclic) bond motifs is 1. The summed E-state index contributed by atoms with van der Waals surface area (Å²) in [7, 11) is 2.54. The summed E-state index contributed by atoms with van der Waals surface area (Å²) in [5.41, 5.74) is -1.30. The molecule has 0 aliphatic carbocycles. The van der Waals surface area contributed by atoms with Crippen LogP contribution in [-0.4, -0.2) is 31.7 Å². The van der Waals surface area contributed by atoms with E-state index >= 15 is 0 Å². The van der Waals surface area contributed by atoms with E-state index in [4.69, 9.17) is 4.74 Å². The van der Waals surface area contributed by atoms with Crippen molar-refractivity contribution < 1.29 is 19.1 Å². The van der Waals surface area contributed by atoms with Crippen LogP contribution in [0.2, 0.25) is 0 Å². The van der Waals surface area contributed by atoms with E-state index in [0.717, 1.165) is 5.22 Å². The zero-order valence-corrected chi connectivity index (χ0v) is 10.2. The number of rotatable bonds is 3. The molecule has 0 fully saturated rings. The fourth-order valence-corrected chi connectivity index (χ4v) is 1.95. The van der Waals surface area contributed by atoms with Gasteiger partial charge in [-0.15, -0.1) is 0 Å². The first-order chi connectivity index (χ1) is 8.61. The van der Waals surface area contributed by atoms with Gasteiger partial charge < -0.3 is 9.47 Å². The number of carbonyl (C=O) groups is 2. The predicted molar refractivity (Wildman–Crippen MR) is 63.1 cm³/mol. The summed E-state index contributed by atoms with van der Waals surface area (Å²) in [5, 5.41) is 1.48. The van der Waals surface area contributed by atoms with Gasteiger partial charge in [0.2, 0.25) is 0 Å². The van der Waals surface area contributed by atoms with Crippen molar-refractivity contribution in [2.45, 2.75) is 12.0 Å². The lowest BCUT2D eigenvalue weighted by atomic mass is 9.96. The normalized spacial score (nSPS) is 20.3. The van der Waals surface area contributed by atoms with Gasteiger partial charge in [-0.25, -0.2) is 4.79 Å². The van der Waals surface area contributed by atoms with Gasteiger partial charge in [0, 0.05) is 0 Å². The Balaban J connectivity index is 2.51. The first-order valence-corrected chi connectivity index (χ1v) is 5.44. The predicted octanol–water partition coefficient (Wildman–Crippen LogP) is -0.425. The van der Waals surface area contributed by atoms with E-state index in [9.17, 15) is 9.59 Å². The molecule has 1 unspecified atom stereocenters. The van der Waals surface area contributed by atoms with Crippen molar-refractivity contribution in [3.05, 3.63) is 34.8 Å². The molecular weight excluding hydrogens is 234 g/mol. The summed E-state index contributed by atoms with van der Waals surface area (Å²) >= 11 is 0. The molecule has 0 aromatic heterocycles. The minimum absolute atomic E-state index is 0.162. The van der Waals surface area contributed by atoms with E-state index in [1.165, 1.54) is 14.2 Å². The second-order valence-electron chi connectivity index (χ2n) is 3.98. The van der Waals surface area contributed by atoms with Crippen molar-refractivity contribution in [2.75, 3.05) is 14.2 Å². The van der Waals surface area contributed by atoms with Crippen molar-refractivity contribution in [3.8, 4) is 0 Å². The van der Waals surface area contributed by atoms with Crippen LogP contribution < -0.4 is 10.6 Å². The summed E-state index contributed by atoms with van der Waals surface area (Å²) in [5.74, 6) is -1.07. The van der Waals surface area contributed by atoms with Crippen molar-refractivity contribution >= 4 is 18.0 Å². The van der Waals surface area contributed by atoms with Crippen LogP contribution in [0.25, 0.3) is 6.08 Å². The van der Waals surface area contributed by atoms with Gasteiger partial charge in [0.1, 0.15) is 0 Å². The standard InChI is InChI=1S/C13H13NO4/c1-17-11(15)8-13(12(16)18-2)7-9-5-3-4-6-10(9)14-13/h3-7H,8H2,1-2H3. The van der Waals surface area contributed by atoms with Crippen LogP contribution in [0.15, 0.2) is 29.3 Å². The van der Waals surface area contributed by atoms with Gasteiger partial charge in [-0.05, 0) is 17.4 Å². The highest BCUT2D eigenvalue weighted by atomic mass is 16.5. The summed E-state index contributed by atoms with van der Waals surface area (Å²) in [6.07, 6.45) is 1.48. The maximum atomic E-state index is 11.9. The molecule has 94 valence electrons. The van der Waals surface area contributed by atoms with Crippen LogP contribution in [0.5, 0.6) is 0 Å². The van der Waals surface area contributed by atoms with E-state index in [2.05, 4.69) is 9.73 Å². The van der Waals surface area contributed by atoms with Crippen molar-refractivity contribution in [1.82, 2.24) is 0 Å². The van der Waals surface area contributed by atoms with Gasteiger partial charge in [0.25, 0.3) is 0 Å². The fraction of sp³-hybridized carbons (Fsp3) is 0.308. The molecule has 1 atom stereocenters. The largest absolute Gasteiger partial charge is 0.469 e. The number of nitrogens with zero attached hydrogens (tertiary/aromatic N) is 1. The molecule has 0 bridgehead atoms. The van der Waals surface area contributed by atoms with Crippen LogP contribution in [0.4, 0.5) is 0 Å². The van der Waals surface area contributed by atoms with Crippen molar-refractivity contribution in [1.29, 1.82) is 0 Å². The van der Waals surface area contributed by atoms with Gasteiger partial charge in [0.05, 0.1) is 26.0 Å². The van der Waals surface area contributed by atoms with Gasteiger partial charge in [0.15, 0.2) is 5.54 Å². The highest BCUT2D eigenvalue weighted by Gasteiger charge is 2.41. The van der Waals surface area contributed by atoms with Crippen LogP contribution in [0.1, 0.15) is 6.42 Å². The Kier molecular flexibility index (Phi) is 3.14. The van der Waals surface area contributed by atoms with Crippen LogP contribution in [-0.2, 0) is 19.1 Å². The van der Waals surface area contributed by atoms with Gasteiger partial charge in [-0.1, -0.05) is 18.2 Å². The summed E-state index contributed by atoms with van der Waals surface area (Å²) < 4.78 is 9.35. The molecule has 1 aliphatic rings. The number of esters is 2. The molecule has 1 aromatic rings. The molecule has 0 radical (unpaired) electrons. The molecule has 0 amide bonds. The van der Waals surface area contributed by atoms with E-state index in [0.29, 0.717) is 5.36 Å². The number of benzene rings is 1. The molecule has 18 heavy (non-hydrogen) atoms. The molecule has 1 aliphatic heterocycles. The average molecular weight is 247 g/mol. The number of hydrogen-bond acceptors (Lipinski definition) is 5. The monoisotopic (exact) mass is 247 g/mol. The van der Waals surface area contributed by atoms with Crippen molar-refractivity contribution in [3.63, 3.8) is 0 Å². The number of ether oxygens (including phenoxy) is 2. The first kappa shape index (κ1) is 12.3. The molecule has 1 heterocycles. The Bertz CT molecular complexity index is 571. The Hall–Kier alpha value is -2.17. The molecule has 2 rings (SSSR count). The Morgan fingerprint density at radius 3 is 2.56 bits per heavy atom. The molecule has 5 nitrogen and oxygen atoms in total. The lowest BCUT2D eigenvalue weighted by molar-refractivity contribution is -0.150. The third kappa shape index (κ3) is 1.99. The lowest BCUT2D eigenvalue weighted by Crippen LogP contribution is -2.37. The molecule has 0 saturated carbocycles. The minimum Gasteiger partial charge on any atom is -0.469 e. The number of para-hydroxylation sites is 1. The highest BCUT2D eigenvalue weighted by Crippen LogP contribution is 2.22.